The fraction of sp³-hybridized carbons (Fsp3) is 0.444. The number of aromatic nitrogens is 2. The summed E-state index contributed by atoms with van der Waals surface area (Å²) in [7, 11) is -2.16. The zero-order valence-electron chi connectivity index (χ0n) is 15.4. The minimum Gasteiger partial charge on any atom is -0.486 e. The average Bonchev–Trinajstić information content (AvgIpc) is 2.74. The van der Waals surface area contributed by atoms with Crippen LogP contribution in [0.3, 0.4) is 0 Å². The van der Waals surface area contributed by atoms with Crippen molar-refractivity contribution in [3.05, 3.63) is 30.3 Å². The minimum atomic E-state index is -3.67. The summed E-state index contributed by atoms with van der Waals surface area (Å²) in [5.74, 6) is 1.73. The van der Waals surface area contributed by atoms with Gasteiger partial charge in [0.15, 0.2) is 11.5 Å². The van der Waals surface area contributed by atoms with Crippen LogP contribution in [0.4, 0.5) is 0 Å². The number of rotatable bonds is 5. The first kappa shape index (κ1) is 18.8. The van der Waals surface area contributed by atoms with Gasteiger partial charge in [-0.3, -0.25) is 0 Å². The number of nitrogens with zero attached hydrogens (tertiary/aromatic N) is 3. The van der Waals surface area contributed by atoms with Crippen LogP contribution in [-0.4, -0.2) is 62.4 Å². The molecule has 0 bridgehead atoms. The molecule has 0 N–H and O–H groups in total. The van der Waals surface area contributed by atoms with Gasteiger partial charge in [-0.25, -0.2) is 8.42 Å². The fourth-order valence-electron chi connectivity index (χ4n) is 3.20. The second-order valence-electron chi connectivity index (χ2n) is 6.46. The molecule has 9 nitrogen and oxygen atoms in total. The summed E-state index contributed by atoms with van der Waals surface area (Å²) in [5, 5.41) is 7.81. The lowest BCUT2D eigenvalue weighted by molar-refractivity contribution is 0.123. The van der Waals surface area contributed by atoms with E-state index in [0.29, 0.717) is 49.4 Å². The van der Waals surface area contributed by atoms with E-state index in [1.54, 1.807) is 24.3 Å². The molecule has 3 heterocycles. The summed E-state index contributed by atoms with van der Waals surface area (Å²) >= 11 is 0. The van der Waals surface area contributed by atoms with Gasteiger partial charge in [0.05, 0.1) is 18.6 Å². The van der Waals surface area contributed by atoms with E-state index in [2.05, 4.69) is 10.2 Å². The van der Waals surface area contributed by atoms with E-state index in [9.17, 15) is 8.42 Å². The fourth-order valence-corrected chi connectivity index (χ4v) is 4.73. The predicted octanol–water partition coefficient (Wildman–Crippen LogP) is 1.49. The van der Waals surface area contributed by atoms with Crippen molar-refractivity contribution >= 4 is 10.0 Å². The Morgan fingerprint density at radius 2 is 1.82 bits per heavy atom. The molecule has 28 heavy (non-hydrogen) atoms. The highest BCUT2D eigenvalue weighted by atomic mass is 32.2. The van der Waals surface area contributed by atoms with Gasteiger partial charge in [-0.1, -0.05) is 0 Å². The molecule has 0 amide bonds. The molecule has 1 unspecified atom stereocenters. The molecular weight excluding hydrogens is 386 g/mol. The van der Waals surface area contributed by atoms with Crippen LogP contribution >= 0.6 is 0 Å². The van der Waals surface area contributed by atoms with Gasteiger partial charge < -0.3 is 18.9 Å². The van der Waals surface area contributed by atoms with Crippen molar-refractivity contribution in [2.24, 2.45) is 0 Å². The zero-order chi connectivity index (χ0) is 19.6. The number of ether oxygens (including phenoxy) is 4. The van der Waals surface area contributed by atoms with E-state index >= 15 is 0 Å². The number of hydrogen-bond donors (Lipinski definition) is 0. The Kier molecular flexibility index (Phi) is 5.23. The third-order valence-corrected chi connectivity index (χ3v) is 6.47. The highest BCUT2D eigenvalue weighted by Gasteiger charge is 2.32. The van der Waals surface area contributed by atoms with Crippen molar-refractivity contribution in [3.63, 3.8) is 0 Å². The van der Waals surface area contributed by atoms with Crippen LogP contribution in [0.15, 0.2) is 35.2 Å². The van der Waals surface area contributed by atoms with Gasteiger partial charge in [-0.2, -0.15) is 4.31 Å². The van der Waals surface area contributed by atoms with E-state index in [4.69, 9.17) is 18.9 Å². The van der Waals surface area contributed by atoms with Gasteiger partial charge in [-0.15, -0.1) is 10.2 Å². The molecule has 4 rings (SSSR count). The molecule has 10 heteroatoms. The molecule has 2 aliphatic rings. The van der Waals surface area contributed by atoms with Gasteiger partial charge in [0, 0.05) is 24.7 Å². The number of fused-ring (bicyclic) bond motifs is 1. The molecule has 0 spiro atoms. The Morgan fingerprint density at radius 1 is 1.07 bits per heavy atom. The maximum absolute atomic E-state index is 13.1. The van der Waals surface area contributed by atoms with Crippen LogP contribution in [0.1, 0.15) is 12.8 Å². The summed E-state index contributed by atoms with van der Waals surface area (Å²) in [5.41, 5.74) is 0. The highest BCUT2D eigenvalue weighted by Crippen LogP contribution is 2.33. The largest absolute Gasteiger partial charge is 0.486 e. The van der Waals surface area contributed by atoms with Crippen molar-refractivity contribution in [2.45, 2.75) is 23.8 Å². The van der Waals surface area contributed by atoms with Crippen LogP contribution < -0.4 is 18.9 Å². The van der Waals surface area contributed by atoms with Crippen molar-refractivity contribution in [3.8, 4) is 23.3 Å². The highest BCUT2D eigenvalue weighted by molar-refractivity contribution is 7.89. The second kappa shape index (κ2) is 7.80. The van der Waals surface area contributed by atoms with Gasteiger partial charge in [0.2, 0.25) is 21.8 Å². The van der Waals surface area contributed by atoms with Crippen LogP contribution in [0.2, 0.25) is 0 Å². The number of piperidine rings is 1. The number of methoxy groups -OCH3 is 1. The Hall–Kier alpha value is -2.59. The summed E-state index contributed by atoms with van der Waals surface area (Å²) in [4.78, 5) is 0.182. The molecule has 1 saturated heterocycles. The topological polar surface area (TPSA) is 100 Å². The molecule has 0 saturated carbocycles. The van der Waals surface area contributed by atoms with E-state index in [1.165, 1.54) is 17.5 Å². The minimum absolute atomic E-state index is 0.182. The SMILES string of the molecule is COc1ccc(OC2CCCN(S(=O)(=O)c3ccc4c(c3)OCCO4)C2)nn1. The average molecular weight is 407 g/mol. The lowest BCUT2D eigenvalue weighted by atomic mass is 10.1. The number of hydrogen-bond acceptors (Lipinski definition) is 8. The quantitative estimate of drug-likeness (QED) is 0.735. The van der Waals surface area contributed by atoms with Gasteiger partial charge >= 0.3 is 0 Å². The maximum atomic E-state index is 13.1. The van der Waals surface area contributed by atoms with Gasteiger partial charge in [0.1, 0.15) is 19.3 Å². The molecule has 150 valence electrons. The molecular formula is C18H21N3O6S. The lowest BCUT2D eigenvalue weighted by Gasteiger charge is -2.32. The van der Waals surface area contributed by atoms with E-state index in [0.717, 1.165) is 6.42 Å². The Morgan fingerprint density at radius 3 is 2.57 bits per heavy atom. The van der Waals surface area contributed by atoms with E-state index < -0.39 is 10.0 Å². The summed E-state index contributed by atoms with van der Waals surface area (Å²) in [6.07, 6.45) is 1.13. The van der Waals surface area contributed by atoms with Crippen molar-refractivity contribution in [1.82, 2.24) is 14.5 Å². The van der Waals surface area contributed by atoms with Crippen LogP contribution in [0.5, 0.6) is 23.3 Å². The number of sulfonamides is 1. The van der Waals surface area contributed by atoms with Crippen LogP contribution in [-0.2, 0) is 10.0 Å². The van der Waals surface area contributed by atoms with E-state index in [-0.39, 0.29) is 17.5 Å². The third-order valence-electron chi connectivity index (χ3n) is 4.60. The number of benzene rings is 1. The van der Waals surface area contributed by atoms with Crippen molar-refractivity contribution in [1.29, 1.82) is 0 Å². The molecule has 1 aromatic carbocycles. The Labute approximate surface area is 163 Å². The summed E-state index contributed by atoms with van der Waals surface area (Å²) in [6, 6.07) is 7.99. The molecule has 1 aromatic heterocycles. The molecule has 1 atom stereocenters. The normalized spacial score (nSPS) is 19.8. The predicted molar refractivity (Wildman–Crippen MR) is 98.4 cm³/mol. The van der Waals surface area contributed by atoms with Crippen molar-refractivity contribution in [2.75, 3.05) is 33.4 Å². The zero-order valence-corrected chi connectivity index (χ0v) is 16.2. The Balaban J connectivity index is 1.48. The van der Waals surface area contributed by atoms with Gasteiger partial charge in [-0.05, 0) is 25.0 Å². The first-order valence-corrected chi connectivity index (χ1v) is 10.4. The molecule has 2 aromatic rings. The molecule has 0 aliphatic carbocycles. The first-order valence-electron chi connectivity index (χ1n) is 9.00. The monoisotopic (exact) mass is 407 g/mol. The third kappa shape index (κ3) is 3.83. The lowest BCUT2D eigenvalue weighted by Crippen LogP contribution is -2.44. The maximum Gasteiger partial charge on any atom is 0.243 e. The molecule has 2 aliphatic heterocycles. The second-order valence-corrected chi connectivity index (χ2v) is 8.40. The van der Waals surface area contributed by atoms with Crippen LogP contribution in [0, 0.1) is 0 Å². The summed E-state index contributed by atoms with van der Waals surface area (Å²) in [6.45, 7) is 1.53. The van der Waals surface area contributed by atoms with Crippen LogP contribution in [0.25, 0.3) is 0 Å². The summed E-state index contributed by atoms with van der Waals surface area (Å²) < 4.78 is 49.4. The smallest absolute Gasteiger partial charge is 0.243 e. The Bertz CT molecular complexity index is 935. The molecule has 1 fully saturated rings. The van der Waals surface area contributed by atoms with Crippen molar-refractivity contribution < 1.29 is 27.4 Å². The van der Waals surface area contributed by atoms with Gasteiger partial charge in [0.25, 0.3) is 0 Å². The van der Waals surface area contributed by atoms with E-state index in [1.807, 2.05) is 0 Å². The molecule has 0 radical (unpaired) electrons. The first-order chi connectivity index (χ1) is 13.6. The standard InChI is InChI=1S/C18H21N3O6S/c1-24-17-6-7-18(20-19-17)27-13-3-2-8-21(12-13)28(22,23)14-4-5-15-16(11-14)26-10-9-25-15/h4-7,11,13H,2-3,8-10,12H2,1H3.